The van der Waals surface area contributed by atoms with Gasteiger partial charge in [0.2, 0.25) is 0 Å². The first kappa shape index (κ1) is 12.1. The summed E-state index contributed by atoms with van der Waals surface area (Å²) in [6, 6.07) is 4.59. The average molecular weight is 239 g/mol. The van der Waals surface area contributed by atoms with E-state index in [1.54, 1.807) is 0 Å². The number of ether oxygens (including phenoxy) is 1. The summed E-state index contributed by atoms with van der Waals surface area (Å²) < 4.78 is 5.71. The molecule has 2 N–H and O–H groups in total. The normalized spacial score (nSPS) is 23.2. The molecule has 0 aromatic carbocycles. The third-order valence-electron chi connectivity index (χ3n) is 3.18. The second-order valence-corrected chi connectivity index (χ2v) is 5.63. The fraction of sp³-hybridized carbons (Fsp3) is 0.692. The molecule has 1 saturated heterocycles. The van der Waals surface area contributed by atoms with Crippen LogP contribution in [0.3, 0.4) is 0 Å². The third-order valence-corrected chi connectivity index (χ3v) is 4.12. The molecule has 2 heterocycles. The summed E-state index contributed by atoms with van der Waals surface area (Å²) in [6.07, 6.45) is 7.39. The van der Waals surface area contributed by atoms with E-state index in [9.17, 15) is 0 Å². The molecule has 1 fully saturated rings. The summed E-state index contributed by atoms with van der Waals surface area (Å²) >= 11 is 1.82. The van der Waals surface area contributed by atoms with Crippen molar-refractivity contribution < 1.29 is 4.74 Å². The van der Waals surface area contributed by atoms with Crippen molar-refractivity contribution in [3.63, 3.8) is 0 Å². The highest BCUT2D eigenvalue weighted by Crippen LogP contribution is 2.19. The number of nitrogens with two attached hydrogens (primary N) is 1. The van der Waals surface area contributed by atoms with Gasteiger partial charge in [-0.25, -0.2) is 0 Å². The number of hydrogen-bond acceptors (Lipinski definition) is 3. The zero-order valence-corrected chi connectivity index (χ0v) is 10.5. The molecule has 0 saturated carbocycles. The van der Waals surface area contributed by atoms with Gasteiger partial charge in [-0.1, -0.05) is 6.07 Å². The molecule has 2 nitrogen and oxygen atoms in total. The fourth-order valence-corrected chi connectivity index (χ4v) is 2.96. The minimum atomic E-state index is 0.296. The van der Waals surface area contributed by atoms with Crippen LogP contribution in [0.25, 0.3) is 0 Å². The summed E-state index contributed by atoms with van der Waals surface area (Å²) in [5, 5.41) is 2.13. The largest absolute Gasteiger partial charge is 0.378 e. The zero-order chi connectivity index (χ0) is 11.2. The van der Waals surface area contributed by atoms with Crippen molar-refractivity contribution in [2.75, 3.05) is 6.61 Å². The monoisotopic (exact) mass is 239 g/mol. The summed E-state index contributed by atoms with van der Waals surface area (Å²) in [5.74, 6) is 0. The van der Waals surface area contributed by atoms with Crippen LogP contribution in [0.4, 0.5) is 0 Å². The molecule has 1 aromatic heterocycles. The van der Waals surface area contributed by atoms with Gasteiger partial charge in [-0.05, 0) is 50.0 Å². The first-order valence-corrected chi connectivity index (χ1v) is 7.12. The van der Waals surface area contributed by atoms with E-state index in [0.29, 0.717) is 12.1 Å². The highest BCUT2D eigenvalue weighted by molar-refractivity contribution is 7.09. The Bertz CT molecular complexity index is 280. The number of thiophene rings is 1. The maximum Gasteiger partial charge on any atom is 0.0589 e. The van der Waals surface area contributed by atoms with Crippen molar-refractivity contribution in [2.24, 2.45) is 5.73 Å². The van der Waals surface area contributed by atoms with Gasteiger partial charge in [-0.2, -0.15) is 0 Å². The second kappa shape index (κ2) is 6.38. The highest BCUT2D eigenvalue weighted by atomic mass is 32.1. The summed E-state index contributed by atoms with van der Waals surface area (Å²) in [6.45, 7) is 0.933. The number of aryl methyl sites for hydroxylation is 1. The Morgan fingerprint density at radius 3 is 3.12 bits per heavy atom. The van der Waals surface area contributed by atoms with E-state index < -0.39 is 0 Å². The Labute approximate surface area is 102 Å². The van der Waals surface area contributed by atoms with Crippen molar-refractivity contribution >= 4 is 11.3 Å². The lowest BCUT2D eigenvalue weighted by Gasteiger charge is -2.25. The van der Waals surface area contributed by atoms with Crippen LogP contribution in [0.5, 0.6) is 0 Å². The van der Waals surface area contributed by atoms with Crippen LogP contribution >= 0.6 is 11.3 Å². The Hall–Kier alpha value is -0.380. The van der Waals surface area contributed by atoms with E-state index in [2.05, 4.69) is 17.5 Å². The number of hydrogen-bond donors (Lipinski definition) is 1. The summed E-state index contributed by atoms with van der Waals surface area (Å²) in [5.41, 5.74) is 6.15. The van der Waals surface area contributed by atoms with Crippen LogP contribution in [0.2, 0.25) is 0 Å². The molecule has 2 rings (SSSR count). The van der Waals surface area contributed by atoms with Gasteiger partial charge in [0.25, 0.3) is 0 Å². The van der Waals surface area contributed by atoms with Crippen LogP contribution in [0.1, 0.15) is 37.0 Å². The average Bonchev–Trinajstić information content (AvgIpc) is 2.81. The molecule has 0 aliphatic carbocycles. The molecule has 2 atom stereocenters. The highest BCUT2D eigenvalue weighted by Gasteiger charge is 2.17. The molecule has 0 radical (unpaired) electrons. The van der Waals surface area contributed by atoms with Gasteiger partial charge < -0.3 is 10.5 Å². The lowest BCUT2D eigenvalue weighted by Crippen LogP contribution is -2.30. The van der Waals surface area contributed by atoms with Gasteiger partial charge in [0, 0.05) is 17.5 Å². The Morgan fingerprint density at radius 2 is 2.44 bits per heavy atom. The molecular weight excluding hydrogens is 218 g/mol. The van der Waals surface area contributed by atoms with Crippen LogP contribution in [-0.2, 0) is 11.2 Å². The van der Waals surface area contributed by atoms with Gasteiger partial charge >= 0.3 is 0 Å². The smallest absolute Gasteiger partial charge is 0.0589 e. The maximum atomic E-state index is 6.15. The van der Waals surface area contributed by atoms with E-state index in [0.717, 1.165) is 25.9 Å². The van der Waals surface area contributed by atoms with Crippen molar-refractivity contribution in [1.82, 2.24) is 0 Å². The molecule has 2 unspecified atom stereocenters. The van der Waals surface area contributed by atoms with E-state index in [1.807, 2.05) is 11.3 Å². The molecule has 1 aliphatic rings. The van der Waals surface area contributed by atoms with Gasteiger partial charge in [0.15, 0.2) is 0 Å². The summed E-state index contributed by atoms with van der Waals surface area (Å²) in [4.78, 5) is 1.44. The van der Waals surface area contributed by atoms with Crippen molar-refractivity contribution in [2.45, 2.75) is 50.7 Å². The van der Waals surface area contributed by atoms with E-state index in [-0.39, 0.29) is 0 Å². The van der Waals surface area contributed by atoms with Crippen molar-refractivity contribution in [3.05, 3.63) is 22.4 Å². The minimum Gasteiger partial charge on any atom is -0.378 e. The molecule has 0 spiro atoms. The van der Waals surface area contributed by atoms with Crippen molar-refractivity contribution in [1.29, 1.82) is 0 Å². The summed E-state index contributed by atoms with van der Waals surface area (Å²) in [7, 11) is 0. The van der Waals surface area contributed by atoms with Gasteiger partial charge in [0.1, 0.15) is 0 Å². The van der Waals surface area contributed by atoms with Crippen LogP contribution < -0.4 is 5.73 Å². The van der Waals surface area contributed by atoms with E-state index in [1.165, 1.54) is 24.1 Å². The maximum absolute atomic E-state index is 6.15. The predicted molar refractivity (Wildman–Crippen MR) is 68.8 cm³/mol. The molecule has 1 aliphatic heterocycles. The van der Waals surface area contributed by atoms with Crippen LogP contribution in [0, 0.1) is 0 Å². The molecule has 1 aromatic rings. The fourth-order valence-electron chi connectivity index (χ4n) is 2.23. The molecule has 3 heteroatoms. The Balaban J connectivity index is 1.65. The van der Waals surface area contributed by atoms with Crippen LogP contribution in [-0.4, -0.2) is 18.8 Å². The first-order valence-electron chi connectivity index (χ1n) is 6.24. The lowest BCUT2D eigenvalue weighted by atomic mass is 9.99. The molecule has 90 valence electrons. The second-order valence-electron chi connectivity index (χ2n) is 4.60. The molecule has 0 bridgehead atoms. The standard InChI is InChI=1S/C13H21NOS/c14-11(6-7-13-5-3-9-16-13)10-12-4-1-2-8-15-12/h3,5,9,11-12H,1-2,4,6-8,10,14H2. The number of rotatable bonds is 5. The lowest BCUT2D eigenvalue weighted by molar-refractivity contribution is 0.00705. The van der Waals surface area contributed by atoms with E-state index >= 15 is 0 Å². The predicted octanol–water partition coefficient (Wildman–Crippen LogP) is 2.97. The molecule has 0 amide bonds. The molecular formula is C13H21NOS. The minimum absolute atomic E-state index is 0.296. The Kier molecular flexibility index (Phi) is 4.82. The van der Waals surface area contributed by atoms with Gasteiger partial charge in [-0.15, -0.1) is 11.3 Å². The molecule has 16 heavy (non-hydrogen) atoms. The SMILES string of the molecule is NC(CCc1cccs1)CC1CCCCO1. The topological polar surface area (TPSA) is 35.2 Å². The van der Waals surface area contributed by atoms with Crippen molar-refractivity contribution in [3.8, 4) is 0 Å². The first-order chi connectivity index (χ1) is 7.84. The quantitative estimate of drug-likeness (QED) is 0.857. The van der Waals surface area contributed by atoms with Gasteiger partial charge in [0.05, 0.1) is 6.10 Å². The third kappa shape index (κ3) is 3.89. The van der Waals surface area contributed by atoms with Crippen LogP contribution in [0.15, 0.2) is 17.5 Å². The van der Waals surface area contributed by atoms with Gasteiger partial charge in [-0.3, -0.25) is 0 Å². The Morgan fingerprint density at radius 1 is 1.50 bits per heavy atom. The van der Waals surface area contributed by atoms with E-state index in [4.69, 9.17) is 10.5 Å². The zero-order valence-electron chi connectivity index (χ0n) is 9.73.